The van der Waals surface area contributed by atoms with E-state index < -0.39 is 0 Å². The second-order valence-electron chi connectivity index (χ2n) is 3.82. The molecule has 1 N–H and O–H groups in total. The van der Waals surface area contributed by atoms with Crippen molar-refractivity contribution in [2.45, 2.75) is 25.9 Å². The summed E-state index contributed by atoms with van der Waals surface area (Å²) >= 11 is 1.50. The number of likely N-dealkylation sites (tertiary alicyclic amines) is 1. The van der Waals surface area contributed by atoms with Gasteiger partial charge >= 0.3 is 0 Å². The second kappa shape index (κ2) is 4.33. The van der Waals surface area contributed by atoms with E-state index in [1.807, 2.05) is 11.4 Å². The van der Waals surface area contributed by atoms with E-state index in [1.165, 1.54) is 11.3 Å². The van der Waals surface area contributed by atoms with E-state index in [-0.39, 0.29) is 12.0 Å². The third-order valence-electron chi connectivity index (χ3n) is 2.77. The first-order valence-electron chi connectivity index (χ1n) is 5.26. The molecule has 1 fully saturated rings. The molecule has 0 spiro atoms. The number of β-amino-alcohol motifs (C(OH)–C–C–N with tert-alkyl or cyclic N) is 1. The van der Waals surface area contributed by atoms with E-state index in [9.17, 15) is 9.90 Å². The Balaban J connectivity index is 2.14. The topological polar surface area (TPSA) is 40.5 Å². The van der Waals surface area contributed by atoms with Gasteiger partial charge in [-0.1, -0.05) is 6.92 Å². The number of thiophene rings is 1. The molecule has 1 amide bonds. The van der Waals surface area contributed by atoms with E-state index in [4.69, 9.17) is 0 Å². The first-order valence-corrected chi connectivity index (χ1v) is 6.14. The van der Waals surface area contributed by atoms with Gasteiger partial charge in [0.25, 0.3) is 5.91 Å². The standard InChI is InChI=1S/C11H15NO2S/c1-2-8-4-6-15-10(8)11(14)12-5-3-9(13)7-12/h4,6,9,13H,2-3,5,7H2,1H3/t9-/m0/s1. The van der Waals surface area contributed by atoms with Crippen molar-refractivity contribution in [3.63, 3.8) is 0 Å². The van der Waals surface area contributed by atoms with E-state index in [2.05, 4.69) is 6.92 Å². The molecular formula is C11H15NO2S. The van der Waals surface area contributed by atoms with Crippen molar-refractivity contribution in [1.29, 1.82) is 0 Å². The minimum atomic E-state index is -0.334. The van der Waals surface area contributed by atoms with Crippen LogP contribution in [0.1, 0.15) is 28.6 Å². The number of hydrogen-bond donors (Lipinski definition) is 1. The van der Waals surface area contributed by atoms with E-state index in [0.29, 0.717) is 19.5 Å². The fourth-order valence-electron chi connectivity index (χ4n) is 1.87. The third-order valence-corrected chi connectivity index (χ3v) is 3.72. The van der Waals surface area contributed by atoms with Crippen molar-refractivity contribution in [2.24, 2.45) is 0 Å². The molecule has 1 aliphatic rings. The fraction of sp³-hybridized carbons (Fsp3) is 0.545. The molecule has 1 aromatic rings. The molecule has 1 saturated heterocycles. The number of aliphatic hydroxyl groups is 1. The minimum Gasteiger partial charge on any atom is -0.391 e. The highest BCUT2D eigenvalue weighted by atomic mass is 32.1. The Hall–Kier alpha value is -0.870. The number of nitrogens with zero attached hydrogens (tertiary/aromatic N) is 1. The first kappa shape index (κ1) is 10.6. The van der Waals surface area contributed by atoms with Crippen LogP contribution < -0.4 is 0 Å². The predicted octanol–water partition coefficient (Wildman–Crippen LogP) is 1.52. The normalized spacial score (nSPS) is 20.9. The van der Waals surface area contributed by atoms with E-state index in [0.717, 1.165) is 16.9 Å². The molecule has 0 aliphatic carbocycles. The Morgan fingerprint density at radius 1 is 1.73 bits per heavy atom. The van der Waals surface area contributed by atoms with E-state index in [1.54, 1.807) is 4.90 Å². The monoisotopic (exact) mass is 225 g/mol. The Kier molecular flexibility index (Phi) is 3.07. The Labute approximate surface area is 93.3 Å². The summed E-state index contributed by atoms with van der Waals surface area (Å²) in [6.07, 6.45) is 1.26. The van der Waals surface area contributed by atoms with Crippen molar-refractivity contribution in [2.75, 3.05) is 13.1 Å². The number of aliphatic hydroxyl groups excluding tert-OH is 1. The number of hydrogen-bond acceptors (Lipinski definition) is 3. The van der Waals surface area contributed by atoms with Crippen LogP contribution in [0.3, 0.4) is 0 Å². The largest absolute Gasteiger partial charge is 0.391 e. The smallest absolute Gasteiger partial charge is 0.264 e. The maximum absolute atomic E-state index is 12.1. The van der Waals surface area contributed by atoms with Crippen LogP contribution in [-0.2, 0) is 6.42 Å². The van der Waals surface area contributed by atoms with Gasteiger partial charge in [-0.2, -0.15) is 0 Å². The molecule has 0 bridgehead atoms. The second-order valence-corrected chi connectivity index (χ2v) is 4.74. The van der Waals surface area contributed by atoms with Gasteiger partial charge in [-0.05, 0) is 29.9 Å². The van der Waals surface area contributed by atoms with Gasteiger partial charge in [0.15, 0.2) is 0 Å². The van der Waals surface area contributed by atoms with Gasteiger partial charge in [0.05, 0.1) is 11.0 Å². The van der Waals surface area contributed by atoms with Crippen LogP contribution in [0.4, 0.5) is 0 Å². The van der Waals surface area contributed by atoms with Crippen LogP contribution in [0.5, 0.6) is 0 Å². The summed E-state index contributed by atoms with van der Waals surface area (Å²) < 4.78 is 0. The van der Waals surface area contributed by atoms with Crippen LogP contribution in [0.25, 0.3) is 0 Å². The molecule has 1 aromatic heterocycles. The Morgan fingerprint density at radius 2 is 2.53 bits per heavy atom. The fourth-order valence-corrected chi connectivity index (χ4v) is 2.83. The van der Waals surface area contributed by atoms with Gasteiger partial charge in [-0.3, -0.25) is 4.79 Å². The van der Waals surface area contributed by atoms with Gasteiger partial charge in [0.1, 0.15) is 0 Å². The molecule has 0 unspecified atom stereocenters. The van der Waals surface area contributed by atoms with Crippen molar-refractivity contribution >= 4 is 17.2 Å². The molecular weight excluding hydrogens is 210 g/mol. The molecule has 0 saturated carbocycles. The summed E-state index contributed by atoms with van der Waals surface area (Å²) in [6.45, 7) is 3.22. The van der Waals surface area contributed by atoms with Gasteiger partial charge in [0, 0.05) is 13.1 Å². The zero-order chi connectivity index (χ0) is 10.8. The van der Waals surface area contributed by atoms with Crippen LogP contribution >= 0.6 is 11.3 Å². The average molecular weight is 225 g/mol. The summed E-state index contributed by atoms with van der Waals surface area (Å²) in [5.74, 6) is 0.0819. The van der Waals surface area contributed by atoms with Gasteiger partial charge in [-0.15, -0.1) is 11.3 Å². The molecule has 82 valence electrons. The van der Waals surface area contributed by atoms with Crippen LogP contribution in [0.2, 0.25) is 0 Å². The number of rotatable bonds is 2. The molecule has 15 heavy (non-hydrogen) atoms. The van der Waals surface area contributed by atoms with Crippen LogP contribution in [-0.4, -0.2) is 35.1 Å². The highest BCUT2D eigenvalue weighted by molar-refractivity contribution is 7.12. The van der Waals surface area contributed by atoms with Crippen molar-refractivity contribution in [1.82, 2.24) is 4.90 Å². The average Bonchev–Trinajstić information content (AvgIpc) is 2.84. The van der Waals surface area contributed by atoms with Crippen LogP contribution in [0.15, 0.2) is 11.4 Å². The number of carbonyl (C=O) groups excluding carboxylic acids is 1. The lowest BCUT2D eigenvalue weighted by atomic mass is 10.2. The van der Waals surface area contributed by atoms with Crippen molar-refractivity contribution in [3.05, 3.63) is 21.9 Å². The number of carbonyl (C=O) groups is 1. The lowest BCUT2D eigenvalue weighted by molar-refractivity contribution is 0.0769. The SMILES string of the molecule is CCc1ccsc1C(=O)N1CC[C@H](O)C1. The van der Waals surface area contributed by atoms with Crippen LogP contribution in [0, 0.1) is 0 Å². The highest BCUT2D eigenvalue weighted by Gasteiger charge is 2.26. The maximum atomic E-state index is 12.1. The van der Waals surface area contributed by atoms with E-state index >= 15 is 0 Å². The lowest BCUT2D eigenvalue weighted by Gasteiger charge is -2.15. The van der Waals surface area contributed by atoms with Crippen molar-refractivity contribution in [3.8, 4) is 0 Å². The molecule has 0 aromatic carbocycles. The minimum absolute atomic E-state index is 0.0819. The van der Waals surface area contributed by atoms with Gasteiger partial charge < -0.3 is 10.0 Å². The number of amides is 1. The van der Waals surface area contributed by atoms with Gasteiger partial charge in [0.2, 0.25) is 0 Å². The molecule has 4 heteroatoms. The lowest BCUT2D eigenvalue weighted by Crippen LogP contribution is -2.29. The zero-order valence-corrected chi connectivity index (χ0v) is 9.59. The van der Waals surface area contributed by atoms with Crippen molar-refractivity contribution < 1.29 is 9.90 Å². The molecule has 0 radical (unpaired) electrons. The van der Waals surface area contributed by atoms with Gasteiger partial charge in [-0.25, -0.2) is 0 Å². The third kappa shape index (κ3) is 2.06. The molecule has 2 heterocycles. The molecule has 1 aliphatic heterocycles. The zero-order valence-electron chi connectivity index (χ0n) is 8.77. The summed E-state index contributed by atoms with van der Waals surface area (Å²) in [6, 6.07) is 2.00. The summed E-state index contributed by atoms with van der Waals surface area (Å²) in [4.78, 5) is 14.6. The first-order chi connectivity index (χ1) is 7.22. The molecule has 3 nitrogen and oxygen atoms in total. The highest BCUT2D eigenvalue weighted by Crippen LogP contribution is 2.21. The molecule has 1 atom stereocenters. The Morgan fingerprint density at radius 3 is 3.13 bits per heavy atom. The quantitative estimate of drug-likeness (QED) is 0.829. The summed E-state index contributed by atoms with van der Waals surface area (Å²) in [5.41, 5.74) is 1.12. The Bertz CT molecular complexity index is 361. The maximum Gasteiger partial charge on any atom is 0.264 e. The summed E-state index contributed by atoms with van der Waals surface area (Å²) in [7, 11) is 0. The number of aryl methyl sites for hydroxylation is 1. The molecule has 2 rings (SSSR count). The predicted molar refractivity (Wildman–Crippen MR) is 60.2 cm³/mol. The summed E-state index contributed by atoms with van der Waals surface area (Å²) in [5, 5.41) is 11.3.